The molecule has 3 aromatic carbocycles. The summed E-state index contributed by atoms with van der Waals surface area (Å²) in [5.74, 6) is -5.03. The number of benzene rings is 3. The number of likely N-dealkylation sites (N-methyl/N-ethyl adjacent to an activating group) is 1. The Hall–Kier alpha value is -8.07. The van der Waals surface area contributed by atoms with Gasteiger partial charge in [-0.25, -0.2) is 19.2 Å². The molecule has 2 fully saturated rings. The minimum atomic E-state index is -1.88. The van der Waals surface area contributed by atoms with Crippen LogP contribution in [0, 0.1) is 0 Å². The number of carbonyl (C=O) groups is 10. The highest BCUT2D eigenvalue weighted by atomic mass is 35.5. The van der Waals surface area contributed by atoms with Crippen LogP contribution in [0.15, 0.2) is 54.6 Å². The third-order valence-corrected chi connectivity index (χ3v) is 12.6. The maximum atomic E-state index is 13.8. The zero-order valence-corrected chi connectivity index (χ0v) is 45.8. The summed E-state index contributed by atoms with van der Waals surface area (Å²) >= 11 is 6.55. The van der Waals surface area contributed by atoms with E-state index in [1.807, 2.05) is 0 Å². The molecule has 2 saturated heterocycles. The van der Waals surface area contributed by atoms with Gasteiger partial charge in [-0.1, -0.05) is 35.9 Å². The van der Waals surface area contributed by atoms with Crippen molar-refractivity contribution in [1.29, 1.82) is 0 Å². The second-order valence-electron chi connectivity index (χ2n) is 19.6. The first-order chi connectivity index (χ1) is 37.9. The Labute approximate surface area is 464 Å². The Balaban J connectivity index is 0.987. The van der Waals surface area contributed by atoms with Gasteiger partial charge in [0.25, 0.3) is 11.8 Å². The van der Waals surface area contributed by atoms with Crippen LogP contribution in [0.5, 0.6) is 5.75 Å². The van der Waals surface area contributed by atoms with Gasteiger partial charge < -0.3 is 74.1 Å². The lowest BCUT2D eigenvalue weighted by atomic mass is 9.98. The molecule has 6 N–H and O–H groups in total. The minimum Gasteiger partial charge on any atom is -0.467 e. The molecule has 432 valence electrons. The number of aliphatic hydroxyl groups is 1. The summed E-state index contributed by atoms with van der Waals surface area (Å²) in [6, 6.07) is 13.0. The van der Waals surface area contributed by atoms with E-state index in [1.165, 1.54) is 35.0 Å². The van der Waals surface area contributed by atoms with Crippen molar-refractivity contribution in [1.82, 2.24) is 31.1 Å². The number of imide groups is 1. The summed E-state index contributed by atoms with van der Waals surface area (Å²) in [4.78, 5) is 129. The second kappa shape index (κ2) is 27.7. The Morgan fingerprint density at radius 1 is 0.887 bits per heavy atom. The van der Waals surface area contributed by atoms with Crippen molar-refractivity contribution in [3.05, 3.63) is 93.0 Å². The number of ether oxygens (including phenoxy) is 8. The zero-order chi connectivity index (χ0) is 58.4. The molecule has 26 nitrogen and oxygen atoms in total. The van der Waals surface area contributed by atoms with Crippen molar-refractivity contribution in [3.63, 3.8) is 0 Å². The van der Waals surface area contributed by atoms with Crippen LogP contribution in [0.2, 0.25) is 5.02 Å². The number of urea groups is 1. The predicted molar refractivity (Wildman–Crippen MR) is 279 cm³/mol. The highest BCUT2D eigenvalue weighted by molar-refractivity contribution is 6.31. The summed E-state index contributed by atoms with van der Waals surface area (Å²) in [7, 11) is 2.51. The molecule has 8 amide bonds. The number of carbonyl (C=O) groups excluding carboxylic acids is 10. The fourth-order valence-corrected chi connectivity index (χ4v) is 8.73. The van der Waals surface area contributed by atoms with E-state index in [9.17, 15) is 53.1 Å². The maximum Gasteiger partial charge on any atom is 0.409 e. The Morgan fingerprint density at radius 3 is 2.29 bits per heavy atom. The average molecular weight is 1140 g/mol. The molecule has 0 aromatic heterocycles. The van der Waals surface area contributed by atoms with Crippen LogP contribution < -0.4 is 31.3 Å². The van der Waals surface area contributed by atoms with Gasteiger partial charge in [0.1, 0.15) is 30.1 Å². The largest absolute Gasteiger partial charge is 0.467 e. The van der Waals surface area contributed by atoms with E-state index in [0.717, 1.165) is 32.1 Å². The third kappa shape index (κ3) is 17.0. The van der Waals surface area contributed by atoms with E-state index in [0.29, 0.717) is 33.8 Å². The highest BCUT2D eigenvalue weighted by Crippen LogP contribution is 2.32. The van der Waals surface area contributed by atoms with E-state index in [4.69, 9.17) is 49.5 Å². The molecular weight excluding hydrogens is 1070 g/mol. The number of halogens is 1. The second-order valence-corrected chi connectivity index (χ2v) is 20.0. The molecule has 3 heterocycles. The van der Waals surface area contributed by atoms with Gasteiger partial charge in [-0.2, -0.15) is 0 Å². The number of amides is 8. The molecular formula is C53H64ClN7O19. The summed E-state index contributed by atoms with van der Waals surface area (Å²) in [5.41, 5.74) is 2.41. The van der Waals surface area contributed by atoms with Crippen molar-refractivity contribution in [2.75, 3.05) is 52.3 Å². The first kappa shape index (κ1) is 61.1. The molecule has 3 aliphatic rings. The van der Waals surface area contributed by atoms with Crippen LogP contribution in [0.25, 0.3) is 0 Å². The summed E-state index contributed by atoms with van der Waals surface area (Å²) in [5, 5.41) is 24.3. The number of hydrogen-bond donors (Lipinski definition) is 6. The van der Waals surface area contributed by atoms with E-state index in [2.05, 4.69) is 26.6 Å². The van der Waals surface area contributed by atoms with Crippen molar-refractivity contribution < 1.29 is 90.9 Å². The van der Waals surface area contributed by atoms with Crippen LogP contribution in [-0.2, 0) is 83.2 Å². The number of esters is 3. The number of alkyl carbamates (subject to hydrolysis) is 1. The van der Waals surface area contributed by atoms with Gasteiger partial charge in [0, 0.05) is 76.3 Å². The fraction of sp³-hybridized carbons (Fsp3) is 0.472. The first-order valence-corrected chi connectivity index (χ1v) is 25.6. The van der Waals surface area contributed by atoms with Crippen molar-refractivity contribution in [2.24, 2.45) is 0 Å². The number of aliphatic hydroxyl groups excluding tert-OH is 1. The van der Waals surface area contributed by atoms with Crippen molar-refractivity contribution >= 4 is 77.0 Å². The van der Waals surface area contributed by atoms with Crippen LogP contribution in [0.4, 0.5) is 20.1 Å². The molecule has 1 unspecified atom stereocenters. The highest BCUT2D eigenvalue weighted by Gasteiger charge is 2.53. The molecule has 27 heteroatoms. The van der Waals surface area contributed by atoms with Gasteiger partial charge in [-0.15, -0.1) is 0 Å². The molecule has 0 saturated carbocycles. The summed E-state index contributed by atoms with van der Waals surface area (Å²) < 4.78 is 43.7. The molecule has 6 atom stereocenters. The SMILES string of the molecule is COC(=O)[C@H]1O[C@@H](Oc2ccc(COC(=O)N(C)CCOCCc3ccc(NC(=O)NCc4ccc5c(c4)CN(C4CCC(=O)NC4=O)C5=O)cc3Cl)cc2C(=O)NCCNC(=O)OC(C)(C)C)[C@H](OC(C)=O)[C@@H](OC(C)=O)[C@@H]1O. The molecule has 80 heavy (non-hydrogen) atoms. The normalized spacial score (nSPS) is 19.6. The molecule has 3 aromatic rings. The van der Waals surface area contributed by atoms with E-state index >= 15 is 0 Å². The summed E-state index contributed by atoms with van der Waals surface area (Å²) in [6.07, 6.45) is -9.50. The molecule has 0 radical (unpaired) electrons. The maximum absolute atomic E-state index is 13.8. The van der Waals surface area contributed by atoms with Gasteiger partial charge in [0.15, 0.2) is 12.2 Å². The Kier molecular flexibility index (Phi) is 21.2. The molecule has 3 aliphatic heterocycles. The standard InChI is InChI=1S/C53H64ClN7O19/c1-28(62)76-42-41(65)43(48(69)73-7)79-49(44(42)77-29(2)63)78-39-14-9-31(23-36(39)45(66)55-17-18-56-51(71)80-53(3,4)5)27-75-52(72)60(6)19-21-74-20-16-32-10-11-34(24-37(32)54)58-50(70)57-25-30-8-12-35-33(22-30)26-61(47(35)68)38-13-15-40(64)59-46(38)67/h8-12,14,22-24,38,41-44,49,65H,13,15-21,25-27H2,1-7H3,(H,55,66)(H,56,71)(H2,57,58,70)(H,59,64,67)/t38?,41-,42-,43-,44+,49+/m0/s1. The lowest BCUT2D eigenvalue weighted by Crippen LogP contribution is -2.63. The van der Waals surface area contributed by atoms with Crippen LogP contribution in [0.3, 0.4) is 0 Å². The van der Waals surface area contributed by atoms with Crippen molar-refractivity contribution in [3.8, 4) is 5.75 Å². The van der Waals surface area contributed by atoms with Crippen LogP contribution >= 0.6 is 11.6 Å². The fourth-order valence-electron chi connectivity index (χ4n) is 8.45. The predicted octanol–water partition coefficient (Wildman–Crippen LogP) is 3.01. The average Bonchev–Trinajstić information content (AvgIpc) is 3.75. The quantitative estimate of drug-likeness (QED) is 0.0386. The Bertz CT molecular complexity index is 2840. The number of anilines is 1. The van der Waals surface area contributed by atoms with E-state index in [-0.39, 0.29) is 88.5 Å². The lowest BCUT2D eigenvalue weighted by Gasteiger charge is -2.42. The number of hydrogen-bond acceptors (Lipinski definition) is 19. The summed E-state index contributed by atoms with van der Waals surface area (Å²) in [6.45, 7) is 7.42. The monoisotopic (exact) mass is 1140 g/mol. The lowest BCUT2D eigenvalue weighted by molar-refractivity contribution is -0.279. The van der Waals surface area contributed by atoms with Gasteiger partial charge >= 0.3 is 36.1 Å². The van der Waals surface area contributed by atoms with E-state index < -0.39 is 90.3 Å². The molecule has 0 bridgehead atoms. The minimum absolute atomic E-state index is 0.0557. The number of nitrogens with zero attached hydrogens (tertiary/aromatic N) is 2. The molecule has 0 aliphatic carbocycles. The third-order valence-electron chi connectivity index (χ3n) is 12.3. The molecule has 6 rings (SSSR count). The van der Waals surface area contributed by atoms with Gasteiger partial charge in [0.05, 0.1) is 25.9 Å². The molecule has 0 spiro atoms. The van der Waals surface area contributed by atoms with Crippen molar-refractivity contribution in [2.45, 2.75) is 116 Å². The topological polar surface area (TPSA) is 331 Å². The number of piperidine rings is 1. The van der Waals surface area contributed by atoms with Crippen LogP contribution in [-0.4, -0.2) is 164 Å². The van der Waals surface area contributed by atoms with Gasteiger partial charge in [-0.3, -0.25) is 34.1 Å². The zero-order valence-electron chi connectivity index (χ0n) is 45.0. The van der Waals surface area contributed by atoms with Gasteiger partial charge in [-0.05, 0) is 86.2 Å². The number of fused-ring (bicyclic) bond motifs is 1. The Morgan fingerprint density at radius 2 is 1.60 bits per heavy atom. The number of nitrogens with one attached hydrogen (secondary N) is 5. The van der Waals surface area contributed by atoms with E-state index in [1.54, 1.807) is 57.2 Å². The first-order valence-electron chi connectivity index (χ1n) is 25.3. The number of methoxy groups -OCH3 is 1. The number of rotatable bonds is 21. The van der Waals surface area contributed by atoms with Crippen LogP contribution in [0.1, 0.15) is 90.4 Å². The smallest absolute Gasteiger partial charge is 0.409 e. The van der Waals surface area contributed by atoms with Gasteiger partial charge in [0.2, 0.25) is 24.2 Å².